The minimum absolute atomic E-state index is 0.386. The Morgan fingerprint density at radius 2 is 2.43 bits per heavy atom. The third-order valence-corrected chi connectivity index (χ3v) is 5.05. The summed E-state index contributed by atoms with van der Waals surface area (Å²) in [5.41, 5.74) is 0. The molecule has 1 aromatic rings. The van der Waals surface area contributed by atoms with Crippen molar-refractivity contribution in [1.29, 1.82) is 0 Å². The molecule has 1 aromatic heterocycles. The molecule has 7 heteroatoms. The van der Waals surface area contributed by atoms with Crippen LogP contribution < -0.4 is 0 Å². The molecule has 2 heterocycles. The van der Waals surface area contributed by atoms with Crippen LogP contribution >= 0.6 is 35.1 Å². The standard InChI is InChI=1S/C7H11ClN4S2/c8-3-7-9-10-11-12(7)4-6-5-13-1-2-14-6/h6H,1-5H2. The maximum atomic E-state index is 5.72. The lowest BCUT2D eigenvalue weighted by molar-refractivity contribution is 0.574. The lowest BCUT2D eigenvalue weighted by atomic mass is 10.4. The SMILES string of the molecule is ClCc1nnnn1CC1CSCCS1. The number of halogens is 1. The molecule has 0 spiro atoms. The van der Waals surface area contributed by atoms with Crippen molar-refractivity contribution in [2.24, 2.45) is 0 Å². The highest BCUT2D eigenvalue weighted by atomic mass is 35.5. The van der Waals surface area contributed by atoms with Crippen molar-refractivity contribution in [3.63, 3.8) is 0 Å². The van der Waals surface area contributed by atoms with Gasteiger partial charge in [-0.3, -0.25) is 0 Å². The molecule has 1 atom stereocenters. The predicted octanol–water partition coefficient (Wildman–Crippen LogP) is 1.26. The number of nitrogens with zero attached hydrogens (tertiary/aromatic N) is 4. The highest BCUT2D eigenvalue weighted by Gasteiger charge is 2.17. The van der Waals surface area contributed by atoms with Gasteiger partial charge in [0.15, 0.2) is 5.82 Å². The second-order valence-electron chi connectivity index (χ2n) is 2.98. The Bertz CT molecular complexity index is 287. The Morgan fingerprint density at radius 1 is 1.50 bits per heavy atom. The van der Waals surface area contributed by atoms with Crippen molar-refractivity contribution >= 4 is 35.1 Å². The molecular formula is C7H11ClN4S2. The lowest BCUT2D eigenvalue weighted by Crippen LogP contribution is -2.22. The Balaban J connectivity index is 1.95. The maximum absolute atomic E-state index is 5.72. The van der Waals surface area contributed by atoms with Crippen molar-refractivity contribution in [3.8, 4) is 0 Å². The van der Waals surface area contributed by atoms with Crippen molar-refractivity contribution in [2.75, 3.05) is 17.3 Å². The maximum Gasteiger partial charge on any atom is 0.166 e. The molecule has 0 N–H and O–H groups in total. The van der Waals surface area contributed by atoms with Gasteiger partial charge in [0.1, 0.15) is 0 Å². The van der Waals surface area contributed by atoms with Gasteiger partial charge < -0.3 is 0 Å². The quantitative estimate of drug-likeness (QED) is 0.756. The first-order chi connectivity index (χ1) is 6.90. The minimum Gasteiger partial charge on any atom is -0.227 e. The third-order valence-electron chi connectivity index (χ3n) is 1.99. The summed E-state index contributed by atoms with van der Waals surface area (Å²) in [4.78, 5) is 0. The fourth-order valence-electron chi connectivity index (χ4n) is 1.30. The molecular weight excluding hydrogens is 240 g/mol. The molecule has 1 aliphatic heterocycles. The summed E-state index contributed by atoms with van der Waals surface area (Å²) in [7, 11) is 0. The van der Waals surface area contributed by atoms with Crippen LogP contribution in [0.15, 0.2) is 0 Å². The first-order valence-electron chi connectivity index (χ1n) is 4.40. The fraction of sp³-hybridized carbons (Fsp3) is 0.857. The van der Waals surface area contributed by atoms with Gasteiger partial charge >= 0.3 is 0 Å². The van der Waals surface area contributed by atoms with Gasteiger partial charge in [-0.15, -0.1) is 16.7 Å². The Labute approximate surface area is 96.1 Å². The van der Waals surface area contributed by atoms with E-state index in [0.717, 1.165) is 12.4 Å². The van der Waals surface area contributed by atoms with Crippen LogP contribution in [-0.2, 0) is 12.4 Å². The Hall–Kier alpha value is 0.0600. The van der Waals surface area contributed by atoms with E-state index in [-0.39, 0.29) is 0 Å². The van der Waals surface area contributed by atoms with Gasteiger partial charge in [-0.2, -0.15) is 23.5 Å². The fourth-order valence-corrected chi connectivity index (χ4v) is 4.13. The van der Waals surface area contributed by atoms with E-state index in [9.17, 15) is 0 Å². The van der Waals surface area contributed by atoms with Crippen LogP contribution in [0.3, 0.4) is 0 Å². The van der Waals surface area contributed by atoms with E-state index in [1.165, 1.54) is 17.3 Å². The second-order valence-corrected chi connectivity index (χ2v) is 5.80. The Kier molecular flexibility index (Phi) is 3.95. The molecule has 1 saturated heterocycles. The third kappa shape index (κ3) is 2.55. The average Bonchev–Trinajstić information content (AvgIpc) is 2.67. The largest absolute Gasteiger partial charge is 0.227 e. The van der Waals surface area contributed by atoms with Gasteiger partial charge in [0, 0.05) is 22.5 Å². The van der Waals surface area contributed by atoms with Gasteiger partial charge in [-0.25, -0.2) is 4.68 Å². The van der Waals surface area contributed by atoms with Crippen LogP contribution in [0.4, 0.5) is 0 Å². The van der Waals surface area contributed by atoms with E-state index in [1.807, 2.05) is 28.2 Å². The normalized spacial score (nSPS) is 22.5. The zero-order chi connectivity index (χ0) is 9.80. The second kappa shape index (κ2) is 5.23. The molecule has 78 valence electrons. The van der Waals surface area contributed by atoms with Crippen LogP contribution in [0.1, 0.15) is 5.82 Å². The summed E-state index contributed by atoms with van der Waals surface area (Å²) in [5, 5.41) is 12.0. The number of hydrogen-bond donors (Lipinski definition) is 0. The number of tetrazole rings is 1. The van der Waals surface area contributed by atoms with Gasteiger partial charge in [-0.1, -0.05) is 0 Å². The molecule has 2 rings (SSSR count). The van der Waals surface area contributed by atoms with Crippen LogP contribution in [0.5, 0.6) is 0 Å². The first-order valence-corrected chi connectivity index (χ1v) is 7.14. The van der Waals surface area contributed by atoms with E-state index >= 15 is 0 Å². The Morgan fingerprint density at radius 3 is 3.14 bits per heavy atom. The van der Waals surface area contributed by atoms with E-state index in [0.29, 0.717) is 11.1 Å². The molecule has 0 bridgehead atoms. The van der Waals surface area contributed by atoms with Gasteiger partial charge in [-0.05, 0) is 10.4 Å². The van der Waals surface area contributed by atoms with Crippen LogP contribution in [0.25, 0.3) is 0 Å². The van der Waals surface area contributed by atoms with Crippen molar-refractivity contribution in [3.05, 3.63) is 5.82 Å². The van der Waals surface area contributed by atoms with Gasteiger partial charge in [0.2, 0.25) is 0 Å². The molecule has 4 nitrogen and oxygen atoms in total. The first kappa shape index (κ1) is 10.6. The summed E-state index contributed by atoms with van der Waals surface area (Å²) < 4.78 is 1.82. The van der Waals surface area contributed by atoms with E-state index in [4.69, 9.17) is 11.6 Å². The zero-order valence-corrected chi connectivity index (χ0v) is 9.99. The summed E-state index contributed by atoms with van der Waals surface area (Å²) in [6.07, 6.45) is 0. The molecule has 0 radical (unpaired) electrons. The van der Waals surface area contributed by atoms with Crippen molar-refractivity contribution in [2.45, 2.75) is 17.7 Å². The monoisotopic (exact) mass is 250 g/mol. The molecule has 1 fully saturated rings. The van der Waals surface area contributed by atoms with Gasteiger partial charge in [0.25, 0.3) is 0 Å². The van der Waals surface area contributed by atoms with Gasteiger partial charge in [0.05, 0.1) is 12.4 Å². The predicted molar refractivity (Wildman–Crippen MR) is 60.9 cm³/mol. The topological polar surface area (TPSA) is 43.6 Å². The number of hydrogen-bond acceptors (Lipinski definition) is 5. The molecule has 1 aliphatic rings. The zero-order valence-electron chi connectivity index (χ0n) is 7.60. The van der Waals surface area contributed by atoms with E-state index in [1.54, 1.807) is 0 Å². The molecule has 0 aromatic carbocycles. The molecule has 14 heavy (non-hydrogen) atoms. The number of rotatable bonds is 3. The van der Waals surface area contributed by atoms with Crippen molar-refractivity contribution < 1.29 is 0 Å². The highest BCUT2D eigenvalue weighted by Crippen LogP contribution is 2.25. The van der Waals surface area contributed by atoms with Crippen LogP contribution in [0, 0.1) is 0 Å². The molecule has 0 amide bonds. The summed E-state index contributed by atoms with van der Waals surface area (Å²) >= 11 is 9.72. The number of alkyl halides is 1. The summed E-state index contributed by atoms with van der Waals surface area (Å²) in [6.45, 7) is 0.882. The number of thioether (sulfide) groups is 2. The molecule has 0 saturated carbocycles. The molecule has 0 aliphatic carbocycles. The average molecular weight is 251 g/mol. The van der Waals surface area contributed by atoms with E-state index in [2.05, 4.69) is 15.5 Å². The lowest BCUT2D eigenvalue weighted by Gasteiger charge is -2.20. The smallest absolute Gasteiger partial charge is 0.166 e. The number of aromatic nitrogens is 4. The summed E-state index contributed by atoms with van der Waals surface area (Å²) in [5.74, 6) is 4.83. The van der Waals surface area contributed by atoms with Crippen LogP contribution in [-0.4, -0.2) is 42.7 Å². The summed E-state index contributed by atoms with van der Waals surface area (Å²) in [6, 6.07) is 0. The molecule has 1 unspecified atom stereocenters. The van der Waals surface area contributed by atoms with E-state index < -0.39 is 0 Å². The van der Waals surface area contributed by atoms with Crippen LogP contribution in [0.2, 0.25) is 0 Å². The highest BCUT2D eigenvalue weighted by molar-refractivity contribution is 8.06. The van der Waals surface area contributed by atoms with Crippen molar-refractivity contribution in [1.82, 2.24) is 20.2 Å². The minimum atomic E-state index is 0.386.